The van der Waals surface area contributed by atoms with E-state index in [0.717, 1.165) is 41.2 Å². The van der Waals surface area contributed by atoms with Gasteiger partial charge in [0.25, 0.3) is 0 Å². The summed E-state index contributed by atoms with van der Waals surface area (Å²) in [7, 11) is 0. The van der Waals surface area contributed by atoms with Crippen molar-refractivity contribution in [1.29, 1.82) is 5.26 Å². The van der Waals surface area contributed by atoms with Gasteiger partial charge in [0, 0.05) is 10.6 Å². The number of likely N-dealkylation sites (tertiary alicyclic amines) is 1. The number of aromatic nitrogens is 2. The second-order valence-electron chi connectivity index (χ2n) is 8.41. The van der Waals surface area contributed by atoms with Gasteiger partial charge in [-0.2, -0.15) is 5.26 Å². The Hall–Kier alpha value is -2.99. The highest BCUT2D eigenvalue weighted by Crippen LogP contribution is 2.36. The molecule has 4 aromatic rings. The predicted octanol–water partition coefficient (Wildman–Crippen LogP) is 5.47. The minimum Gasteiger partial charge on any atom is -0.325 e. The van der Waals surface area contributed by atoms with Crippen molar-refractivity contribution in [2.24, 2.45) is 0 Å². The first-order valence-corrected chi connectivity index (χ1v) is 12.8. The molecule has 1 aliphatic rings. The number of hydrogen-bond donors (Lipinski definition) is 1. The minimum atomic E-state index is -0.0931. The van der Waals surface area contributed by atoms with Crippen LogP contribution >= 0.6 is 22.7 Å². The summed E-state index contributed by atoms with van der Waals surface area (Å²) in [5, 5.41) is 16.0. The van der Waals surface area contributed by atoms with Crippen molar-refractivity contribution in [2.75, 3.05) is 18.4 Å². The molecule has 5 rings (SSSR count). The molecular formula is C25H25N5OS2. The number of amides is 1. The summed E-state index contributed by atoms with van der Waals surface area (Å²) in [6.45, 7) is 5.74. The summed E-state index contributed by atoms with van der Waals surface area (Å²) < 4.78 is 3.23. The molecule has 1 saturated heterocycles. The van der Waals surface area contributed by atoms with Gasteiger partial charge in [0.05, 0.1) is 34.9 Å². The highest BCUT2D eigenvalue weighted by Gasteiger charge is 2.30. The Bertz CT molecular complexity index is 1310. The van der Waals surface area contributed by atoms with Gasteiger partial charge >= 0.3 is 0 Å². The van der Waals surface area contributed by atoms with E-state index < -0.39 is 0 Å². The van der Waals surface area contributed by atoms with Crippen molar-refractivity contribution in [3.05, 3.63) is 68.5 Å². The number of thiazole rings is 1. The first kappa shape index (κ1) is 21.8. The smallest absolute Gasteiger partial charge is 0.239 e. The SMILES string of the molecule is Cc1c(C#N)c(NC(=O)CN2CCCC2c2nc3ccccc3s2)n(Cc2cccs2)c1C. The van der Waals surface area contributed by atoms with Crippen LogP contribution in [-0.2, 0) is 11.3 Å². The fraction of sp³-hybridized carbons (Fsp3) is 0.320. The first-order chi connectivity index (χ1) is 16.0. The number of rotatable bonds is 6. The highest BCUT2D eigenvalue weighted by molar-refractivity contribution is 7.18. The Morgan fingerprint density at radius 2 is 2.12 bits per heavy atom. The summed E-state index contributed by atoms with van der Waals surface area (Å²) in [4.78, 5) is 21.4. The molecule has 168 valence electrons. The third-order valence-corrected chi connectivity index (χ3v) is 8.40. The molecule has 0 aliphatic carbocycles. The van der Waals surface area contributed by atoms with Crippen LogP contribution in [0.15, 0.2) is 41.8 Å². The number of hydrogen-bond acceptors (Lipinski definition) is 6. The van der Waals surface area contributed by atoms with Crippen LogP contribution < -0.4 is 5.32 Å². The van der Waals surface area contributed by atoms with Crippen molar-refractivity contribution in [1.82, 2.24) is 14.5 Å². The molecule has 0 bridgehead atoms. The zero-order valence-electron chi connectivity index (χ0n) is 18.7. The van der Waals surface area contributed by atoms with Crippen LogP contribution in [0.1, 0.15) is 45.6 Å². The zero-order chi connectivity index (χ0) is 22.9. The maximum absolute atomic E-state index is 13.2. The third kappa shape index (κ3) is 4.20. The van der Waals surface area contributed by atoms with Crippen molar-refractivity contribution < 1.29 is 4.79 Å². The summed E-state index contributed by atoms with van der Waals surface area (Å²) in [5.74, 6) is 0.506. The fourth-order valence-electron chi connectivity index (χ4n) is 4.57. The van der Waals surface area contributed by atoms with Crippen LogP contribution in [0.3, 0.4) is 0 Å². The van der Waals surface area contributed by atoms with E-state index in [2.05, 4.69) is 28.4 Å². The number of nitrogens with zero attached hydrogens (tertiary/aromatic N) is 4. The topological polar surface area (TPSA) is 74.0 Å². The number of nitriles is 1. The maximum atomic E-state index is 13.2. The first-order valence-electron chi connectivity index (χ1n) is 11.1. The Labute approximate surface area is 201 Å². The van der Waals surface area contributed by atoms with Crippen LogP contribution in [-0.4, -0.2) is 33.4 Å². The van der Waals surface area contributed by atoms with Gasteiger partial charge in [-0.15, -0.1) is 22.7 Å². The number of benzene rings is 1. The Kier molecular flexibility index (Phi) is 6.02. The third-order valence-electron chi connectivity index (χ3n) is 6.40. The number of carbonyl (C=O) groups excluding carboxylic acids is 1. The molecule has 1 amide bonds. The average Bonchev–Trinajstić information content (AvgIpc) is 3.59. The number of fused-ring (bicyclic) bond motifs is 1. The molecule has 33 heavy (non-hydrogen) atoms. The highest BCUT2D eigenvalue weighted by atomic mass is 32.1. The molecule has 1 atom stereocenters. The van der Waals surface area contributed by atoms with Crippen LogP contribution in [0.5, 0.6) is 0 Å². The lowest BCUT2D eigenvalue weighted by atomic mass is 10.2. The molecule has 4 heterocycles. The molecule has 0 saturated carbocycles. The summed E-state index contributed by atoms with van der Waals surface area (Å²) >= 11 is 3.39. The van der Waals surface area contributed by atoms with E-state index in [4.69, 9.17) is 4.98 Å². The summed E-state index contributed by atoms with van der Waals surface area (Å²) in [6.07, 6.45) is 2.05. The van der Waals surface area contributed by atoms with Gasteiger partial charge in [0.15, 0.2) is 0 Å². The second-order valence-corrected chi connectivity index (χ2v) is 10.5. The van der Waals surface area contributed by atoms with E-state index in [9.17, 15) is 10.1 Å². The standard InChI is InChI=1S/C25H25N5OS2/c1-16-17(2)30(14-18-7-6-12-32-18)24(19(16)13-26)28-23(31)15-29-11-5-9-21(29)25-27-20-8-3-4-10-22(20)33-25/h3-4,6-8,10,12,21H,5,9,11,14-15H2,1-2H3,(H,28,31). The van der Waals surface area contributed by atoms with Gasteiger partial charge < -0.3 is 9.88 Å². The van der Waals surface area contributed by atoms with E-state index in [0.29, 0.717) is 17.9 Å². The summed E-state index contributed by atoms with van der Waals surface area (Å²) in [5.41, 5.74) is 3.48. The largest absolute Gasteiger partial charge is 0.325 e. The van der Waals surface area contributed by atoms with E-state index in [1.807, 2.05) is 48.1 Å². The number of thiophene rings is 1. The molecule has 8 heteroatoms. The van der Waals surface area contributed by atoms with Crippen LogP contribution in [0, 0.1) is 25.2 Å². The van der Waals surface area contributed by atoms with Gasteiger partial charge in [-0.3, -0.25) is 9.69 Å². The summed E-state index contributed by atoms with van der Waals surface area (Å²) in [6, 6.07) is 14.7. The molecule has 0 spiro atoms. The Morgan fingerprint density at radius 1 is 1.27 bits per heavy atom. The zero-order valence-corrected chi connectivity index (χ0v) is 20.3. The molecule has 1 aromatic carbocycles. The van der Waals surface area contributed by atoms with Crippen LogP contribution in [0.4, 0.5) is 5.82 Å². The number of para-hydroxylation sites is 1. The van der Waals surface area contributed by atoms with E-state index in [1.54, 1.807) is 22.7 Å². The molecular weight excluding hydrogens is 450 g/mol. The molecule has 1 N–H and O–H groups in total. The van der Waals surface area contributed by atoms with Gasteiger partial charge in [0.2, 0.25) is 5.91 Å². The van der Waals surface area contributed by atoms with Gasteiger partial charge in [-0.1, -0.05) is 18.2 Å². The number of nitrogens with one attached hydrogen (secondary N) is 1. The monoisotopic (exact) mass is 475 g/mol. The van der Waals surface area contributed by atoms with Crippen molar-refractivity contribution in [2.45, 2.75) is 39.3 Å². The van der Waals surface area contributed by atoms with E-state index >= 15 is 0 Å². The number of carbonyl (C=O) groups is 1. The van der Waals surface area contributed by atoms with Crippen molar-refractivity contribution >= 4 is 44.6 Å². The van der Waals surface area contributed by atoms with Crippen LogP contribution in [0.25, 0.3) is 10.2 Å². The van der Waals surface area contributed by atoms with Gasteiger partial charge in [-0.25, -0.2) is 4.98 Å². The van der Waals surface area contributed by atoms with Gasteiger partial charge in [0.1, 0.15) is 16.9 Å². The Balaban J connectivity index is 1.36. The molecule has 0 radical (unpaired) electrons. The van der Waals surface area contributed by atoms with E-state index in [1.165, 1.54) is 9.58 Å². The molecule has 1 aliphatic heterocycles. The number of anilines is 1. The molecule has 3 aromatic heterocycles. The lowest BCUT2D eigenvalue weighted by Crippen LogP contribution is -2.33. The quantitative estimate of drug-likeness (QED) is 0.401. The minimum absolute atomic E-state index is 0.0931. The second kappa shape index (κ2) is 9.10. The van der Waals surface area contributed by atoms with Crippen molar-refractivity contribution in [3.8, 4) is 6.07 Å². The molecule has 6 nitrogen and oxygen atoms in total. The maximum Gasteiger partial charge on any atom is 0.239 e. The Morgan fingerprint density at radius 3 is 2.88 bits per heavy atom. The molecule has 1 fully saturated rings. The average molecular weight is 476 g/mol. The van der Waals surface area contributed by atoms with Crippen molar-refractivity contribution in [3.63, 3.8) is 0 Å². The normalized spacial score (nSPS) is 16.3. The fourth-order valence-corrected chi connectivity index (χ4v) is 6.40. The predicted molar refractivity (Wildman–Crippen MR) is 134 cm³/mol. The molecule has 1 unspecified atom stereocenters. The van der Waals surface area contributed by atoms with Crippen LogP contribution in [0.2, 0.25) is 0 Å². The lowest BCUT2D eigenvalue weighted by molar-refractivity contribution is -0.117. The van der Waals surface area contributed by atoms with E-state index in [-0.39, 0.29) is 18.5 Å². The lowest BCUT2D eigenvalue weighted by Gasteiger charge is -2.22. The van der Waals surface area contributed by atoms with Gasteiger partial charge in [-0.05, 0) is 62.4 Å².